The maximum atomic E-state index is 13.5. The number of hydrogen-bond acceptors (Lipinski definition) is 5. The summed E-state index contributed by atoms with van der Waals surface area (Å²) in [6.07, 6.45) is 7.92. The smallest absolute Gasteiger partial charge is 0.242 e. The highest BCUT2D eigenvalue weighted by atomic mass is 32.1. The number of thiazole rings is 1. The van der Waals surface area contributed by atoms with E-state index >= 15 is 0 Å². The van der Waals surface area contributed by atoms with E-state index in [0.29, 0.717) is 12.5 Å². The summed E-state index contributed by atoms with van der Waals surface area (Å²) in [5.41, 5.74) is 3.09. The molecule has 174 valence electrons. The van der Waals surface area contributed by atoms with Crippen molar-refractivity contribution in [3.8, 4) is 0 Å². The molecule has 1 saturated carbocycles. The molecule has 5 nitrogen and oxygen atoms in total. The molecule has 1 aliphatic carbocycles. The Labute approximate surface area is 198 Å². The Bertz CT molecular complexity index is 1080. The summed E-state index contributed by atoms with van der Waals surface area (Å²) >= 11 is 1.60. The van der Waals surface area contributed by atoms with E-state index in [0.717, 1.165) is 52.5 Å². The summed E-state index contributed by atoms with van der Waals surface area (Å²) in [6, 6.07) is 12.8. The first kappa shape index (κ1) is 22.1. The molecule has 2 aliphatic rings. The molecule has 1 aliphatic heterocycles. The maximum Gasteiger partial charge on any atom is 0.242 e. The van der Waals surface area contributed by atoms with E-state index in [4.69, 9.17) is 4.98 Å². The van der Waals surface area contributed by atoms with Crippen LogP contribution in [0.25, 0.3) is 10.2 Å². The standard InChI is InChI=1S/C26H31FN4OS/c27-20-10-11-23-19(17-20)12-14-31(23)15-13-28-25(32)22(16-18-6-2-1-3-7-18)30-26-29-21-8-4-5-9-24(21)33-26/h4-5,8-11,17-18,22H,1-3,6-7,12-16H2,(H,28,32)(H,29,30). The van der Waals surface area contributed by atoms with Gasteiger partial charge in [-0.2, -0.15) is 0 Å². The number of halogens is 1. The Morgan fingerprint density at radius 3 is 2.88 bits per heavy atom. The molecule has 0 spiro atoms. The molecule has 3 aromatic rings. The predicted octanol–water partition coefficient (Wildman–Crippen LogP) is 5.37. The van der Waals surface area contributed by atoms with E-state index in [1.807, 2.05) is 24.3 Å². The average molecular weight is 467 g/mol. The van der Waals surface area contributed by atoms with Crippen LogP contribution in [0.2, 0.25) is 0 Å². The van der Waals surface area contributed by atoms with Gasteiger partial charge in [0.05, 0.1) is 10.2 Å². The first-order valence-corrected chi connectivity index (χ1v) is 12.9. The first-order valence-electron chi connectivity index (χ1n) is 12.1. The van der Waals surface area contributed by atoms with Crippen LogP contribution in [0, 0.1) is 11.7 Å². The number of para-hydroxylation sites is 1. The minimum Gasteiger partial charge on any atom is -0.369 e. The molecule has 33 heavy (non-hydrogen) atoms. The van der Waals surface area contributed by atoms with Crippen LogP contribution >= 0.6 is 11.3 Å². The van der Waals surface area contributed by atoms with Gasteiger partial charge in [0, 0.05) is 25.3 Å². The van der Waals surface area contributed by atoms with Gasteiger partial charge in [0.2, 0.25) is 5.91 Å². The lowest BCUT2D eigenvalue weighted by molar-refractivity contribution is -0.122. The molecule has 5 rings (SSSR count). The lowest BCUT2D eigenvalue weighted by Gasteiger charge is -2.27. The van der Waals surface area contributed by atoms with E-state index in [1.54, 1.807) is 17.4 Å². The minimum absolute atomic E-state index is 0.0401. The number of anilines is 2. The second-order valence-electron chi connectivity index (χ2n) is 9.22. The van der Waals surface area contributed by atoms with E-state index < -0.39 is 0 Å². The Morgan fingerprint density at radius 2 is 2.03 bits per heavy atom. The van der Waals surface area contributed by atoms with Crippen molar-refractivity contribution in [2.24, 2.45) is 5.92 Å². The number of rotatable bonds is 8. The number of nitrogens with one attached hydrogen (secondary N) is 2. The zero-order valence-electron chi connectivity index (χ0n) is 18.9. The zero-order chi connectivity index (χ0) is 22.6. The lowest BCUT2D eigenvalue weighted by Crippen LogP contribution is -2.43. The third-order valence-corrected chi connectivity index (χ3v) is 7.88. The van der Waals surface area contributed by atoms with Crippen molar-refractivity contribution >= 4 is 38.3 Å². The van der Waals surface area contributed by atoms with Crippen LogP contribution in [-0.2, 0) is 11.2 Å². The predicted molar refractivity (Wildman–Crippen MR) is 134 cm³/mol. The number of benzene rings is 2. The van der Waals surface area contributed by atoms with Gasteiger partial charge < -0.3 is 15.5 Å². The summed E-state index contributed by atoms with van der Waals surface area (Å²) in [5, 5.41) is 7.42. The van der Waals surface area contributed by atoms with Gasteiger partial charge in [-0.25, -0.2) is 9.37 Å². The quantitative estimate of drug-likeness (QED) is 0.469. The third kappa shape index (κ3) is 5.29. The van der Waals surface area contributed by atoms with E-state index in [2.05, 4.69) is 21.6 Å². The highest BCUT2D eigenvalue weighted by molar-refractivity contribution is 7.22. The molecule has 1 atom stereocenters. The Kier molecular flexibility index (Phi) is 6.76. The molecular formula is C26H31FN4OS. The van der Waals surface area contributed by atoms with Crippen molar-refractivity contribution < 1.29 is 9.18 Å². The number of hydrogen-bond donors (Lipinski definition) is 2. The van der Waals surface area contributed by atoms with Gasteiger partial charge in [-0.3, -0.25) is 4.79 Å². The van der Waals surface area contributed by atoms with Crippen LogP contribution in [0.3, 0.4) is 0 Å². The van der Waals surface area contributed by atoms with Gasteiger partial charge in [-0.15, -0.1) is 0 Å². The SMILES string of the molecule is O=C(NCCN1CCc2cc(F)ccc21)C(CC1CCCCC1)Nc1nc2ccccc2s1. The fourth-order valence-corrected chi connectivity index (χ4v) is 6.10. The van der Waals surface area contributed by atoms with E-state index in [-0.39, 0.29) is 17.8 Å². The molecule has 2 N–H and O–H groups in total. The lowest BCUT2D eigenvalue weighted by atomic mass is 9.84. The molecule has 2 heterocycles. The summed E-state index contributed by atoms with van der Waals surface area (Å²) in [5.74, 6) is 0.436. The molecule has 1 unspecified atom stereocenters. The van der Waals surface area contributed by atoms with Crippen molar-refractivity contribution in [3.05, 3.63) is 53.8 Å². The normalized spacial score (nSPS) is 17.2. The Hall–Kier alpha value is -2.67. The largest absolute Gasteiger partial charge is 0.369 e. The summed E-state index contributed by atoms with van der Waals surface area (Å²) in [4.78, 5) is 20.2. The molecular weight excluding hydrogens is 435 g/mol. The molecule has 2 aromatic carbocycles. The van der Waals surface area contributed by atoms with Gasteiger partial charge in [-0.1, -0.05) is 55.6 Å². The van der Waals surface area contributed by atoms with E-state index in [1.165, 1.54) is 38.2 Å². The summed E-state index contributed by atoms with van der Waals surface area (Å²) < 4.78 is 14.6. The van der Waals surface area contributed by atoms with Crippen molar-refractivity contribution in [1.29, 1.82) is 0 Å². The second kappa shape index (κ2) is 10.1. The highest BCUT2D eigenvalue weighted by Crippen LogP contribution is 2.31. The maximum absolute atomic E-state index is 13.5. The Balaban J connectivity index is 1.22. The molecule has 1 amide bonds. The fraction of sp³-hybridized carbons (Fsp3) is 0.462. The van der Waals surface area contributed by atoms with Crippen LogP contribution in [-0.4, -0.2) is 36.6 Å². The molecule has 0 saturated heterocycles. The summed E-state index contributed by atoms with van der Waals surface area (Å²) in [7, 11) is 0. The van der Waals surface area contributed by atoms with Gasteiger partial charge in [0.1, 0.15) is 11.9 Å². The van der Waals surface area contributed by atoms with Gasteiger partial charge in [-0.05, 0) is 54.7 Å². The van der Waals surface area contributed by atoms with Gasteiger partial charge in [0.15, 0.2) is 5.13 Å². The van der Waals surface area contributed by atoms with Gasteiger partial charge >= 0.3 is 0 Å². The second-order valence-corrected chi connectivity index (χ2v) is 10.3. The van der Waals surface area contributed by atoms with Crippen molar-refractivity contribution in [1.82, 2.24) is 10.3 Å². The number of carbonyl (C=O) groups is 1. The van der Waals surface area contributed by atoms with Crippen molar-refractivity contribution in [2.45, 2.75) is 51.0 Å². The van der Waals surface area contributed by atoms with Crippen molar-refractivity contribution in [3.63, 3.8) is 0 Å². The third-order valence-electron chi connectivity index (χ3n) is 6.92. The van der Waals surface area contributed by atoms with Crippen LogP contribution < -0.4 is 15.5 Å². The Morgan fingerprint density at radius 1 is 1.18 bits per heavy atom. The average Bonchev–Trinajstić information content (AvgIpc) is 3.42. The molecule has 1 fully saturated rings. The van der Waals surface area contributed by atoms with Crippen LogP contribution in [0.5, 0.6) is 0 Å². The van der Waals surface area contributed by atoms with Crippen LogP contribution in [0.1, 0.15) is 44.1 Å². The highest BCUT2D eigenvalue weighted by Gasteiger charge is 2.26. The number of aromatic nitrogens is 1. The summed E-state index contributed by atoms with van der Waals surface area (Å²) in [6.45, 7) is 2.16. The van der Waals surface area contributed by atoms with Gasteiger partial charge in [0.25, 0.3) is 0 Å². The van der Waals surface area contributed by atoms with Crippen molar-refractivity contribution in [2.75, 3.05) is 29.9 Å². The fourth-order valence-electron chi connectivity index (χ4n) is 5.18. The topological polar surface area (TPSA) is 57.3 Å². The van der Waals surface area contributed by atoms with Crippen LogP contribution in [0.4, 0.5) is 15.2 Å². The molecule has 7 heteroatoms. The monoisotopic (exact) mass is 466 g/mol. The molecule has 0 bridgehead atoms. The number of nitrogens with zero attached hydrogens (tertiary/aromatic N) is 2. The molecule has 1 aromatic heterocycles. The van der Waals surface area contributed by atoms with Crippen LogP contribution in [0.15, 0.2) is 42.5 Å². The number of fused-ring (bicyclic) bond motifs is 2. The molecule has 0 radical (unpaired) electrons. The van der Waals surface area contributed by atoms with E-state index in [9.17, 15) is 9.18 Å². The number of amides is 1. The minimum atomic E-state index is -0.284. The first-order chi connectivity index (χ1) is 16.2. The number of carbonyl (C=O) groups excluding carboxylic acids is 1. The zero-order valence-corrected chi connectivity index (χ0v) is 19.7.